The second-order valence-corrected chi connectivity index (χ2v) is 10.4. The number of carbonyl (C=O) groups is 2. The first-order chi connectivity index (χ1) is 18.8. The largest absolute Gasteiger partial charge is 0.464 e. The van der Waals surface area contributed by atoms with Crippen LogP contribution in [0.25, 0.3) is 0 Å². The number of esters is 2. The van der Waals surface area contributed by atoms with E-state index in [0.717, 1.165) is 25.7 Å². The average Bonchev–Trinajstić information content (AvgIpc) is 3.39. The first kappa shape index (κ1) is 28.3. The fourth-order valence-electron chi connectivity index (χ4n) is 5.29. The van der Waals surface area contributed by atoms with Crippen LogP contribution >= 0.6 is 0 Å². The molecule has 5 heterocycles. The van der Waals surface area contributed by atoms with E-state index >= 15 is 0 Å². The number of ether oxygens (including phenoxy) is 9. The van der Waals surface area contributed by atoms with E-state index in [1.807, 2.05) is 13.8 Å². The molecule has 0 aromatic carbocycles. The van der Waals surface area contributed by atoms with Crippen molar-refractivity contribution in [3.05, 3.63) is 11.4 Å². The van der Waals surface area contributed by atoms with Gasteiger partial charge in [-0.2, -0.15) is 0 Å². The van der Waals surface area contributed by atoms with Crippen molar-refractivity contribution in [3.63, 3.8) is 0 Å². The molecule has 0 saturated carbocycles. The molecule has 4 fully saturated rings. The molecule has 1 aromatic rings. The molecule has 5 rings (SSSR count). The Hall–Kier alpha value is -2.20. The van der Waals surface area contributed by atoms with E-state index in [1.54, 1.807) is 0 Å². The van der Waals surface area contributed by atoms with Crippen molar-refractivity contribution in [2.45, 2.75) is 101 Å². The van der Waals surface area contributed by atoms with Crippen molar-refractivity contribution < 1.29 is 52.2 Å². The third-order valence-electron chi connectivity index (χ3n) is 7.21. The van der Waals surface area contributed by atoms with Crippen LogP contribution in [0, 0.1) is 0 Å². The maximum absolute atomic E-state index is 12.9. The summed E-state index contributed by atoms with van der Waals surface area (Å²) >= 11 is 0. The van der Waals surface area contributed by atoms with Crippen molar-refractivity contribution >= 4 is 11.9 Å². The van der Waals surface area contributed by atoms with E-state index in [4.69, 9.17) is 42.6 Å². The molecule has 2 unspecified atom stereocenters. The van der Waals surface area contributed by atoms with Gasteiger partial charge in [-0.05, 0) is 52.4 Å². The highest BCUT2D eigenvalue weighted by Crippen LogP contribution is 2.41. The SMILES string of the molecule is COC(=O)c1nnn([C@@H]2O[C@@H]3COC(C)(C)O[C@H]3[C@H](OC3CCCCO3)[C@H]2OC2CCCCO2)c1C(=O)OC. The maximum Gasteiger partial charge on any atom is 0.361 e. The van der Waals surface area contributed by atoms with Gasteiger partial charge in [0.05, 0.1) is 20.8 Å². The fourth-order valence-corrected chi connectivity index (χ4v) is 5.29. The molecule has 39 heavy (non-hydrogen) atoms. The Balaban J connectivity index is 1.56. The Morgan fingerprint density at radius 1 is 0.923 bits per heavy atom. The van der Waals surface area contributed by atoms with E-state index in [1.165, 1.54) is 18.9 Å². The van der Waals surface area contributed by atoms with Gasteiger partial charge in [-0.25, -0.2) is 14.3 Å². The number of methoxy groups -OCH3 is 2. The van der Waals surface area contributed by atoms with Crippen molar-refractivity contribution in [2.75, 3.05) is 34.0 Å². The van der Waals surface area contributed by atoms with Crippen molar-refractivity contribution in [1.29, 1.82) is 0 Å². The van der Waals surface area contributed by atoms with Crippen LogP contribution in [0.15, 0.2) is 0 Å². The number of hydrogen-bond donors (Lipinski definition) is 0. The molecular weight excluding hydrogens is 518 g/mol. The number of aromatic nitrogens is 3. The Labute approximate surface area is 226 Å². The lowest BCUT2D eigenvalue weighted by molar-refractivity contribution is -0.394. The third kappa shape index (κ3) is 6.11. The number of fused-ring (bicyclic) bond motifs is 1. The molecule has 4 aliphatic heterocycles. The first-order valence-corrected chi connectivity index (χ1v) is 13.4. The Morgan fingerprint density at radius 3 is 2.15 bits per heavy atom. The molecular formula is C25H37N3O11. The molecule has 218 valence electrons. The van der Waals surface area contributed by atoms with Crippen LogP contribution in [0.4, 0.5) is 0 Å². The molecule has 0 spiro atoms. The van der Waals surface area contributed by atoms with E-state index in [2.05, 4.69) is 10.3 Å². The lowest BCUT2D eigenvalue weighted by Crippen LogP contribution is -2.65. The highest BCUT2D eigenvalue weighted by Gasteiger charge is 2.55. The summed E-state index contributed by atoms with van der Waals surface area (Å²) in [6.45, 7) is 4.94. The quantitative estimate of drug-likeness (QED) is 0.450. The fraction of sp³-hybridized carbons (Fsp3) is 0.840. The van der Waals surface area contributed by atoms with Gasteiger partial charge in [-0.15, -0.1) is 5.10 Å². The summed E-state index contributed by atoms with van der Waals surface area (Å²) in [5.41, 5.74) is -0.551. The Kier molecular flexibility index (Phi) is 8.81. The topological polar surface area (TPSA) is 148 Å². The summed E-state index contributed by atoms with van der Waals surface area (Å²) in [7, 11) is 2.38. The van der Waals surface area contributed by atoms with Crippen LogP contribution in [-0.4, -0.2) is 104 Å². The zero-order valence-electron chi connectivity index (χ0n) is 22.7. The minimum Gasteiger partial charge on any atom is -0.464 e. The van der Waals surface area contributed by atoms with E-state index < -0.39 is 60.9 Å². The van der Waals surface area contributed by atoms with Gasteiger partial charge in [0, 0.05) is 13.2 Å². The maximum atomic E-state index is 12.9. The van der Waals surface area contributed by atoms with Crippen LogP contribution < -0.4 is 0 Å². The van der Waals surface area contributed by atoms with Gasteiger partial charge in [0.2, 0.25) is 5.69 Å². The van der Waals surface area contributed by atoms with Crippen LogP contribution in [-0.2, 0) is 42.6 Å². The van der Waals surface area contributed by atoms with E-state index in [0.29, 0.717) is 26.1 Å². The van der Waals surface area contributed by atoms with Crippen molar-refractivity contribution in [3.8, 4) is 0 Å². The van der Waals surface area contributed by atoms with Gasteiger partial charge in [0.15, 0.2) is 30.3 Å². The Bertz CT molecular complexity index is 1010. The molecule has 1 aromatic heterocycles. The van der Waals surface area contributed by atoms with Gasteiger partial charge in [0.1, 0.15) is 24.4 Å². The Morgan fingerprint density at radius 2 is 1.56 bits per heavy atom. The molecule has 0 N–H and O–H groups in total. The van der Waals surface area contributed by atoms with Crippen LogP contribution in [0.2, 0.25) is 0 Å². The number of nitrogens with zero attached hydrogens (tertiary/aromatic N) is 3. The predicted molar refractivity (Wildman–Crippen MR) is 128 cm³/mol. The highest BCUT2D eigenvalue weighted by atomic mass is 16.8. The summed E-state index contributed by atoms with van der Waals surface area (Å²) in [5.74, 6) is -2.59. The minimum absolute atomic E-state index is 0.179. The monoisotopic (exact) mass is 555 g/mol. The number of rotatable bonds is 7. The molecule has 0 radical (unpaired) electrons. The van der Waals surface area contributed by atoms with Crippen LogP contribution in [0.3, 0.4) is 0 Å². The molecule has 14 nitrogen and oxygen atoms in total. The zero-order valence-corrected chi connectivity index (χ0v) is 22.7. The second kappa shape index (κ2) is 12.1. The molecule has 4 aliphatic rings. The minimum atomic E-state index is -1.08. The standard InChI is InChI=1S/C25H37N3O11/c1-25(2)35-13-14-19(39-25)20(37-15-9-5-7-11-33-15)21(38-16-10-6-8-12-34-16)22(36-14)28-18(24(30)32-4)17(26-27-28)23(29)31-3/h14-16,19-22H,5-13H2,1-4H3/t14-,15?,16?,19-,20+,21-,22-/m1/s1. The van der Waals surface area contributed by atoms with Crippen molar-refractivity contribution in [2.24, 2.45) is 0 Å². The molecule has 0 bridgehead atoms. The normalized spacial score (nSPS) is 34.6. The predicted octanol–water partition coefficient (Wildman–Crippen LogP) is 1.72. The van der Waals surface area contributed by atoms with E-state index in [-0.39, 0.29) is 18.0 Å². The van der Waals surface area contributed by atoms with Gasteiger partial charge in [-0.1, -0.05) is 5.21 Å². The molecule has 0 aliphatic carbocycles. The summed E-state index contributed by atoms with van der Waals surface area (Å²) in [6.07, 6.45) is 0.136. The van der Waals surface area contributed by atoms with E-state index in [9.17, 15) is 9.59 Å². The molecule has 14 heteroatoms. The average molecular weight is 556 g/mol. The molecule has 0 amide bonds. The first-order valence-electron chi connectivity index (χ1n) is 13.4. The third-order valence-corrected chi connectivity index (χ3v) is 7.21. The van der Waals surface area contributed by atoms with Crippen LogP contribution in [0.5, 0.6) is 0 Å². The number of carbonyl (C=O) groups excluding carboxylic acids is 2. The van der Waals surface area contributed by atoms with Gasteiger partial charge < -0.3 is 42.6 Å². The molecule has 4 saturated heterocycles. The summed E-state index contributed by atoms with van der Waals surface area (Å²) in [4.78, 5) is 25.3. The summed E-state index contributed by atoms with van der Waals surface area (Å²) < 4.78 is 54.6. The lowest BCUT2D eigenvalue weighted by atomic mass is 9.95. The zero-order chi connectivity index (χ0) is 27.6. The van der Waals surface area contributed by atoms with Gasteiger partial charge >= 0.3 is 11.9 Å². The highest BCUT2D eigenvalue weighted by molar-refractivity contribution is 6.00. The van der Waals surface area contributed by atoms with Crippen LogP contribution in [0.1, 0.15) is 79.6 Å². The summed E-state index contributed by atoms with van der Waals surface area (Å²) in [6, 6.07) is 0. The van der Waals surface area contributed by atoms with Gasteiger partial charge in [0.25, 0.3) is 0 Å². The smallest absolute Gasteiger partial charge is 0.361 e. The second-order valence-electron chi connectivity index (χ2n) is 10.4. The number of hydrogen-bond acceptors (Lipinski definition) is 13. The lowest BCUT2D eigenvalue weighted by Gasteiger charge is -2.52. The van der Waals surface area contributed by atoms with Crippen molar-refractivity contribution in [1.82, 2.24) is 15.0 Å². The van der Waals surface area contributed by atoms with Gasteiger partial charge in [-0.3, -0.25) is 0 Å². The molecule has 7 atom stereocenters. The summed E-state index contributed by atoms with van der Waals surface area (Å²) in [5, 5.41) is 8.04.